The molecule has 1 aromatic heterocycles. The number of carbonyl (C=O) groups is 1. The van der Waals surface area contributed by atoms with Crippen molar-refractivity contribution in [2.45, 2.75) is 25.5 Å². The van der Waals surface area contributed by atoms with Crippen molar-refractivity contribution in [2.75, 3.05) is 39.8 Å². The number of nitrogens with two attached hydrogens (primary N) is 1. The molecular weight excluding hydrogens is 280 g/mol. The summed E-state index contributed by atoms with van der Waals surface area (Å²) < 4.78 is 5.19. The Morgan fingerprint density at radius 3 is 2.68 bits per heavy atom. The summed E-state index contributed by atoms with van der Waals surface area (Å²) in [6.07, 6.45) is 3.88. The Morgan fingerprint density at radius 1 is 1.41 bits per heavy atom. The van der Waals surface area contributed by atoms with E-state index in [9.17, 15) is 4.79 Å². The Kier molecular flexibility index (Phi) is 6.30. The number of pyridine rings is 1. The maximum absolute atomic E-state index is 12.2. The van der Waals surface area contributed by atoms with Crippen LogP contribution in [0.15, 0.2) is 24.5 Å². The second-order valence-corrected chi connectivity index (χ2v) is 5.68. The van der Waals surface area contributed by atoms with Crippen LogP contribution < -0.4 is 5.73 Å². The maximum atomic E-state index is 12.2. The zero-order chi connectivity index (χ0) is 15.9. The van der Waals surface area contributed by atoms with E-state index < -0.39 is 0 Å². The summed E-state index contributed by atoms with van der Waals surface area (Å²) >= 11 is 0. The lowest BCUT2D eigenvalue weighted by molar-refractivity contribution is -0.135. The number of nitrogens with zero attached hydrogens (tertiary/aromatic N) is 3. The summed E-state index contributed by atoms with van der Waals surface area (Å²) in [7, 11) is 1.60. The van der Waals surface area contributed by atoms with Crippen LogP contribution in [-0.2, 0) is 9.53 Å². The number of aromatic nitrogens is 1. The molecule has 1 aliphatic heterocycles. The molecule has 1 saturated heterocycles. The molecule has 6 nitrogen and oxygen atoms in total. The summed E-state index contributed by atoms with van der Waals surface area (Å²) in [5, 5.41) is 0. The predicted molar refractivity (Wildman–Crippen MR) is 85.3 cm³/mol. The van der Waals surface area contributed by atoms with E-state index in [-0.39, 0.29) is 12.0 Å². The topological polar surface area (TPSA) is 71.7 Å². The van der Waals surface area contributed by atoms with Crippen molar-refractivity contribution in [3.8, 4) is 0 Å². The Hall–Kier alpha value is -1.50. The highest BCUT2D eigenvalue weighted by atomic mass is 16.5. The van der Waals surface area contributed by atoms with Crippen LogP contribution in [0.25, 0.3) is 0 Å². The predicted octanol–water partition coefficient (Wildman–Crippen LogP) is 0.651. The molecule has 0 spiro atoms. The van der Waals surface area contributed by atoms with Crippen LogP contribution in [0, 0.1) is 0 Å². The van der Waals surface area contributed by atoms with Gasteiger partial charge in [-0.05, 0) is 18.6 Å². The molecule has 2 unspecified atom stereocenters. The molecule has 1 amide bonds. The highest BCUT2D eigenvalue weighted by Gasteiger charge is 2.25. The lowest BCUT2D eigenvalue weighted by Crippen LogP contribution is -2.50. The van der Waals surface area contributed by atoms with Gasteiger partial charge in [-0.1, -0.05) is 6.07 Å². The van der Waals surface area contributed by atoms with Gasteiger partial charge in [-0.15, -0.1) is 0 Å². The fraction of sp³-hybridized carbons (Fsp3) is 0.625. The Bertz CT molecular complexity index is 456. The van der Waals surface area contributed by atoms with Crippen LogP contribution >= 0.6 is 0 Å². The lowest BCUT2D eigenvalue weighted by atomic mass is 10.1. The van der Waals surface area contributed by atoms with Gasteiger partial charge < -0.3 is 15.4 Å². The minimum absolute atomic E-state index is 0.131. The Morgan fingerprint density at radius 2 is 2.14 bits per heavy atom. The number of methoxy groups -OCH3 is 1. The minimum atomic E-state index is -0.181. The van der Waals surface area contributed by atoms with Gasteiger partial charge in [-0.25, -0.2) is 0 Å². The van der Waals surface area contributed by atoms with Crippen molar-refractivity contribution in [2.24, 2.45) is 5.73 Å². The molecule has 1 fully saturated rings. The van der Waals surface area contributed by atoms with Crippen molar-refractivity contribution in [3.05, 3.63) is 30.1 Å². The van der Waals surface area contributed by atoms with Gasteiger partial charge in [0.2, 0.25) is 5.91 Å². The van der Waals surface area contributed by atoms with E-state index in [1.807, 2.05) is 17.2 Å². The quantitative estimate of drug-likeness (QED) is 0.835. The van der Waals surface area contributed by atoms with Crippen LogP contribution in [0.3, 0.4) is 0 Å². The molecule has 0 bridgehead atoms. The van der Waals surface area contributed by atoms with Gasteiger partial charge in [0.25, 0.3) is 0 Å². The van der Waals surface area contributed by atoms with E-state index in [2.05, 4.69) is 22.9 Å². The molecular formula is C16H26N4O2. The molecule has 2 heterocycles. The maximum Gasteiger partial charge on any atom is 0.225 e. The van der Waals surface area contributed by atoms with Crippen molar-refractivity contribution >= 4 is 5.91 Å². The fourth-order valence-electron chi connectivity index (χ4n) is 2.78. The van der Waals surface area contributed by atoms with Crippen molar-refractivity contribution < 1.29 is 9.53 Å². The standard InChI is InChI=1S/C16H26N4O2/c1-13(14-4-3-5-18-12-14)19-6-8-20(9-7-19)16(21)10-15(11-17)22-2/h3-5,12-13,15H,6-11,17H2,1-2H3. The van der Waals surface area contributed by atoms with Gasteiger partial charge in [0, 0.05) is 58.3 Å². The summed E-state index contributed by atoms with van der Waals surface area (Å²) in [6, 6.07) is 4.38. The summed E-state index contributed by atoms with van der Waals surface area (Å²) in [5.74, 6) is 0.131. The summed E-state index contributed by atoms with van der Waals surface area (Å²) in [6.45, 7) is 5.82. The first kappa shape index (κ1) is 16.9. The second kappa shape index (κ2) is 8.22. The monoisotopic (exact) mass is 306 g/mol. The smallest absolute Gasteiger partial charge is 0.225 e. The third-order valence-corrected chi connectivity index (χ3v) is 4.38. The number of carbonyl (C=O) groups excluding carboxylic acids is 1. The van der Waals surface area contributed by atoms with Crippen LogP contribution in [0.2, 0.25) is 0 Å². The van der Waals surface area contributed by atoms with Gasteiger partial charge in [-0.3, -0.25) is 14.7 Å². The van der Waals surface area contributed by atoms with Crippen LogP contribution in [-0.4, -0.2) is 66.6 Å². The SMILES string of the molecule is COC(CN)CC(=O)N1CCN(C(C)c2cccnc2)CC1. The Labute approximate surface area is 132 Å². The molecule has 1 aromatic rings. The number of amides is 1. The van der Waals surface area contributed by atoms with E-state index in [1.165, 1.54) is 5.56 Å². The minimum Gasteiger partial charge on any atom is -0.380 e. The van der Waals surface area contributed by atoms with E-state index in [0.29, 0.717) is 19.0 Å². The molecule has 22 heavy (non-hydrogen) atoms. The lowest BCUT2D eigenvalue weighted by Gasteiger charge is -2.38. The summed E-state index contributed by atoms with van der Waals surface area (Å²) in [5.41, 5.74) is 6.79. The molecule has 0 radical (unpaired) electrons. The number of piperazine rings is 1. The number of hydrogen-bond acceptors (Lipinski definition) is 5. The molecule has 0 aromatic carbocycles. The van der Waals surface area contributed by atoms with Crippen molar-refractivity contribution in [1.82, 2.24) is 14.8 Å². The Balaban J connectivity index is 1.84. The molecule has 1 aliphatic rings. The van der Waals surface area contributed by atoms with Gasteiger partial charge in [0.05, 0.1) is 12.5 Å². The average molecular weight is 306 g/mol. The third kappa shape index (κ3) is 4.25. The first-order chi connectivity index (χ1) is 10.7. The number of rotatable bonds is 6. The second-order valence-electron chi connectivity index (χ2n) is 5.68. The highest BCUT2D eigenvalue weighted by Crippen LogP contribution is 2.20. The fourth-order valence-corrected chi connectivity index (χ4v) is 2.78. The van der Waals surface area contributed by atoms with Gasteiger partial charge in [0.1, 0.15) is 0 Å². The molecule has 2 rings (SSSR count). The molecule has 0 saturated carbocycles. The van der Waals surface area contributed by atoms with E-state index in [4.69, 9.17) is 10.5 Å². The van der Waals surface area contributed by atoms with Gasteiger partial charge in [-0.2, -0.15) is 0 Å². The zero-order valence-electron chi connectivity index (χ0n) is 13.4. The van der Waals surface area contributed by atoms with E-state index in [0.717, 1.165) is 26.2 Å². The van der Waals surface area contributed by atoms with Crippen LogP contribution in [0.5, 0.6) is 0 Å². The first-order valence-electron chi connectivity index (χ1n) is 7.80. The number of hydrogen-bond donors (Lipinski definition) is 1. The van der Waals surface area contributed by atoms with Gasteiger partial charge in [0.15, 0.2) is 0 Å². The summed E-state index contributed by atoms with van der Waals surface area (Å²) in [4.78, 5) is 20.7. The highest BCUT2D eigenvalue weighted by molar-refractivity contribution is 5.76. The normalized spacial score (nSPS) is 19.0. The van der Waals surface area contributed by atoms with Crippen molar-refractivity contribution in [3.63, 3.8) is 0 Å². The molecule has 6 heteroatoms. The van der Waals surface area contributed by atoms with Gasteiger partial charge >= 0.3 is 0 Å². The van der Waals surface area contributed by atoms with Crippen LogP contribution in [0.4, 0.5) is 0 Å². The van der Waals surface area contributed by atoms with Crippen molar-refractivity contribution in [1.29, 1.82) is 0 Å². The molecule has 0 aliphatic carbocycles. The van der Waals surface area contributed by atoms with E-state index in [1.54, 1.807) is 13.3 Å². The molecule has 2 N–H and O–H groups in total. The average Bonchev–Trinajstić information content (AvgIpc) is 2.59. The molecule has 122 valence electrons. The van der Waals surface area contributed by atoms with Crippen LogP contribution in [0.1, 0.15) is 24.9 Å². The third-order valence-electron chi connectivity index (χ3n) is 4.38. The zero-order valence-corrected chi connectivity index (χ0v) is 13.4. The first-order valence-corrected chi connectivity index (χ1v) is 7.80. The largest absolute Gasteiger partial charge is 0.380 e. The van der Waals surface area contributed by atoms with E-state index >= 15 is 0 Å². The molecule has 2 atom stereocenters. The number of ether oxygens (including phenoxy) is 1.